The number of benzene rings is 2. The number of aryl methyl sites for hydroxylation is 1. The van der Waals surface area contributed by atoms with Gasteiger partial charge in [-0.2, -0.15) is 13.2 Å². The van der Waals surface area contributed by atoms with E-state index in [4.69, 9.17) is 4.74 Å². The second-order valence-corrected chi connectivity index (χ2v) is 8.16. The summed E-state index contributed by atoms with van der Waals surface area (Å²) in [5.74, 6) is -0.660. The van der Waals surface area contributed by atoms with Gasteiger partial charge < -0.3 is 9.26 Å². The first-order valence-electron chi connectivity index (χ1n) is 8.94. The van der Waals surface area contributed by atoms with Gasteiger partial charge in [0.1, 0.15) is 11.4 Å². The maximum Gasteiger partial charge on any atom is 0.452 e. The molecule has 6 nitrogen and oxygen atoms in total. The zero-order valence-corrected chi connectivity index (χ0v) is 17.0. The average molecular weight is 440 g/mol. The van der Waals surface area contributed by atoms with Crippen molar-refractivity contribution in [2.45, 2.75) is 31.0 Å². The lowest BCUT2D eigenvalue weighted by molar-refractivity contribution is -0.155. The molecule has 1 N–H and O–H groups in total. The van der Waals surface area contributed by atoms with Crippen LogP contribution in [0.15, 0.2) is 57.9 Å². The highest BCUT2D eigenvalue weighted by Crippen LogP contribution is 2.33. The van der Waals surface area contributed by atoms with Crippen LogP contribution in [0.4, 0.5) is 13.2 Å². The fourth-order valence-electron chi connectivity index (χ4n) is 2.84. The third-order valence-corrected chi connectivity index (χ3v) is 5.91. The number of nitrogens with one attached hydrogen (secondary N) is 1. The van der Waals surface area contributed by atoms with Crippen LogP contribution >= 0.6 is 0 Å². The summed E-state index contributed by atoms with van der Waals surface area (Å²) in [5.41, 5.74) is 1.32. The molecule has 3 rings (SSSR count). The highest BCUT2D eigenvalue weighted by Gasteiger charge is 2.36. The number of hydrogen-bond donors (Lipinski definition) is 1. The lowest BCUT2D eigenvalue weighted by Crippen LogP contribution is -2.24. The fraction of sp³-hybridized carbons (Fsp3) is 0.250. The number of halogens is 3. The lowest BCUT2D eigenvalue weighted by atomic mass is 10.1. The Morgan fingerprint density at radius 1 is 1.13 bits per heavy atom. The quantitative estimate of drug-likeness (QED) is 0.589. The van der Waals surface area contributed by atoms with Gasteiger partial charge in [0.05, 0.1) is 12.0 Å². The molecule has 0 amide bonds. The van der Waals surface area contributed by atoms with E-state index in [0.717, 1.165) is 6.07 Å². The number of ether oxygens (including phenoxy) is 1. The van der Waals surface area contributed by atoms with Crippen LogP contribution in [0.1, 0.15) is 23.8 Å². The first-order valence-corrected chi connectivity index (χ1v) is 10.4. The van der Waals surface area contributed by atoms with Crippen molar-refractivity contribution in [3.05, 3.63) is 65.4 Å². The Bertz CT molecular complexity index is 1140. The monoisotopic (exact) mass is 440 g/mol. The molecule has 0 aliphatic carbocycles. The van der Waals surface area contributed by atoms with E-state index in [1.165, 1.54) is 19.2 Å². The van der Waals surface area contributed by atoms with Gasteiger partial charge in [0.25, 0.3) is 0 Å². The molecule has 0 bridgehead atoms. The minimum atomic E-state index is -4.68. The van der Waals surface area contributed by atoms with E-state index in [1.54, 1.807) is 37.3 Å². The van der Waals surface area contributed by atoms with Gasteiger partial charge in [-0.1, -0.05) is 36.3 Å². The number of hydrogen-bond acceptors (Lipinski definition) is 5. The van der Waals surface area contributed by atoms with E-state index in [2.05, 4.69) is 14.4 Å². The van der Waals surface area contributed by atoms with Gasteiger partial charge in [-0.25, -0.2) is 13.1 Å². The number of nitrogens with zero attached hydrogens (tertiary/aromatic N) is 1. The third-order valence-electron chi connectivity index (χ3n) is 4.42. The van der Waals surface area contributed by atoms with Crippen molar-refractivity contribution in [2.24, 2.45) is 0 Å². The molecule has 0 spiro atoms. The summed E-state index contributed by atoms with van der Waals surface area (Å²) in [7, 11) is -2.43. The molecule has 0 saturated carbocycles. The van der Waals surface area contributed by atoms with Crippen LogP contribution in [0.3, 0.4) is 0 Å². The van der Waals surface area contributed by atoms with E-state index < -0.39 is 22.0 Å². The summed E-state index contributed by atoms with van der Waals surface area (Å²) in [6, 6.07) is 12.0. The SMILES string of the molecule is CCc1ccc(-c2cc(C(F)(F)F)on2)cc1S(=O)(=O)NCc1cccc(OC)c1. The summed E-state index contributed by atoms with van der Waals surface area (Å²) in [6.07, 6.45) is -4.26. The standard InChI is InChI=1S/C20H19F3N2O4S/c1-3-14-7-8-15(17-11-19(29-25-17)20(21,22)23)10-18(14)30(26,27)24-12-13-5-4-6-16(9-13)28-2/h4-11,24H,3,12H2,1-2H3. The number of rotatable bonds is 7. The normalized spacial score (nSPS) is 12.2. The summed E-state index contributed by atoms with van der Waals surface area (Å²) in [5, 5.41) is 3.42. The van der Waals surface area contributed by atoms with Crippen molar-refractivity contribution < 1.29 is 30.8 Å². The third kappa shape index (κ3) is 4.82. The molecular weight excluding hydrogens is 421 g/mol. The molecule has 2 aromatic carbocycles. The van der Waals surface area contributed by atoms with Crippen molar-refractivity contribution in [2.75, 3.05) is 7.11 Å². The molecule has 0 aliphatic heterocycles. The van der Waals surface area contributed by atoms with E-state index in [9.17, 15) is 21.6 Å². The largest absolute Gasteiger partial charge is 0.497 e. The molecule has 0 unspecified atom stereocenters. The minimum absolute atomic E-state index is 0.0229. The van der Waals surface area contributed by atoms with Crippen LogP contribution in [0.2, 0.25) is 0 Å². The van der Waals surface area contributed by atoms with Crippen molar-refractivity contribution in [3.8, 4) is 17.0 Å². The molecule has 0 atom stereocenters. The molecule has 0 radical (unpaired) electrons. The van der Waals surface area contributed by atoms with Gasteiger partial charge in [0, 0.05) is 18.2 Å². The van der Waals surface area contributed by atoms with E-state index in [0.29, 0.717) is 23.3 Å². The van der Waals surface area contributed by atoms with Crippen LogP contribution in [0, 0.1) is 0 Å². The second-order valence-electron chi connectivity index (χ2n) is 6.43. The van der Waals surface area contributed by atoms with Gasteiger partial charge in [-0.05, 0) is 35.7 Å². The summed E-state index contributed by atoms with van der Waals surface area (Å²) < 4.78 is 76.1. The molecule has 30 heavy (non-hydrogen) atoms. The highest BCUT2D eigenvalue weighted by atomic mass is 32.2. The van der Waals surface area contributed by atoms with Crippen LogP contribution in [-0.4, -0.2) is 20.7 Å². The maximum absolute atomic E-state index is 12.9. The summed E-state index contributed by atoms with van der Waals surface area (Å²) in [6.45, 7) is 1.81. The average Bonchev–Trinajstić information content (AvgIpc) is 3.23. The Hall–Kier alpha value is -2.85. The number of aromatic nitrogens is 1. The lowest BCUT2D eigenvalue weighted by Gasteiger charge is -2.12. The molecule has 3 aromatic rings. The molecule has 1 aromatic heterocycles. The number of methoxy groups -OCH3 is 1. The highest BCUT2D eigenvalue weighted by molar-refractivity contribution is 7.89. The molecule has 160 valence electrons. The molecule has 0 aliphatic rings. The van der Waals surface area contributed by atoms with Gasteiger partial charge in [0.15, 0.2) is 0 Å². The van der Waals surface area contributed by atoms with Crippen LogP contribution in [0.5, 0.6) is 5.75 Å². The minimum Gasteiger partial charge on any atom is -0.497 e. The Balaban J connectivity index is 1.91. The second kappa shape index (κ2) is 8.49. The van der Waals surface area contributed by atoms with Gasteiger partial charge >= 0.3 is 6.18 Å². The summed E-state index contributed by atoms with van der Waals surface area (Å²) >= 11 is 0. The van der Waals surface area contributed by atoms with Gasteiger partial charge in [-0.3, -0.25) is 0 Å². The van der Waals surface area contributed by atoms with Crippen LogP contribution < -0.4 is 9.46 Å². The molecule has 10 heteroatoms. The topological polar surface area (TPSA) is 81.4 Å². The summed E-state index contributed by atoms with van der Waals surface area (Å²) in [4.78, 5) is -0.0260. The van der Waals surface area contributed by atoms with E-state index in [1.807, 2.05) is 0 Å². The first kappa shape index (κ1) is 21.8. The molecule has 1 heterocycles. The fourth-order valence-corrected chi connectivity index (χ4v) is 4.19. The van der Waals surface area contributed by atoms with Crippen molar-refractivity contribution >= 4 is 10.0 Å². The smallest absolute Gasteiger partial charge is 0.452 e. The van der Waals surface area contributed by atoms with E-state index >= 15 is 0 Å². The van der Waals surface area contributed by atoms with Crippen molar-refractivity contribution in [1.29, 1.82) is 0 Å². The molecule has 0 saturated heterocycles. The Morgan fingerprint density at radius 2 is 1.90 bits per heavy atom. The maximum atomic E-state index is 12.9. The zero-order valence-electron chi connectivity index (χ0n) is 16.2. The zero-order chi connectivity index (χ0) is 21.9. The molecule has 0 fully saturated rings. The van der Waals surface area contributed by atoms with Crippen molar-refractivity contribution in [3.63, 3.8) is 0 Å². The first-order chi connectivity index (χ1) is 14.1. The Kier molecular flexibility index (Phi) is 6.18. The number of sulfonamides is 1. The van der Waals surface area contributed by atoms with Crippen LogP contribution in [-0.2, 0) is 29.2 Å². The Morgan fingerprint density at radius 3 is 2.53 bits per heavy atom. The predicted molar refractivity (Wildman–Crippen MR) is 103 cm³/mol. The predicted octanol–water partition coefficient (Wildman–Crippen LogP) is 4.41. The molecular formula is C20H19F3N2O4S. The van der Waals surface area contributed by atoms with Crippen LogP contribution in [0.25, 0.3) is 11.3 Å². The van der Waals surface area contributed by atoms with Gasteiger partial charge in [0.2, 0.25) is 15.8 Å². The number of alkyl halides is 3. The van der Waals surface area contributed by atoms with Gasteiger partial charge in [-0.15, -0.1) is 0 Å². The van der Waals surface area contributed by atoms with Crippen molar-refractivity contribution in [1.82, 2.24) is 9.88 Å². The van der Waals surface area contributed by atoms with E-state index in [-0.39, 0.29) is 22.7 Å². The Labute approximate surface area is 171 Å².